The summed E-state index contributed by atoms with van der Waals surface area (Å²) in [4.78, 5) is 16.7. The van der Waals surface area contributed by atoms with Gasteiger partial charge in [-0.1, -0.05) is 29.5 Å². The van der Waals surface area contributed by atoms with E-state index in [0.29, 0.717) is 4.70 Å². The van der Waals surface area contributed by atoms with Crippen LogP contribution in [0.15, 0.2) is 48.7 Å². The number of benzene rings is 2. The molecule has 1 amide bonds. The predicted molar refractivity (Wildman–Crippen MR) is 97.6 cm³/mol. The Morgan fingerprint density at radius 2 is 1.93 bits per heavy atom. The lowest BCUT2D eigenvalue weighted by Crippen LogP contribution is -2.14. The Balaban J connectivity index is 1.64. The van der Waals surface area contributed by atoms with E-state index in [1.165, 1.54) is 11.8 Å². The highest BCUT2D eigenvalue weighted by atomic mass is 32.1. The molecule has 0 fully saturated rings. The number of ether oxygens (including phenoxy) is 1. The van der Waals surface area contributed by atoms with E-state index in [1.54, 1.807) is 6.20 Å². The number of halogens is 2. The van der Waals surface area contributed by atoms with Crippen LogP contribution in [0, 0.1) is 11.6 Å². The molecule has 1 N–H and O–H groups in total. The molecule has 0 aliphatic carbocycles. The third-order valence-corrected chi connectivity index (χ3v) is 4.72. The van der Waals surface area contributed by atoms with Crippen LogP contribution in [0.5, 0.6) is 5.75 Å². The monoisotopic (exact) mass is 386 g/mol. The van der Waals surface area contributed by atoms with E-state index in [9.17, 15) is 13.6 Å². The van der Waals surface area contributed by atoms with Crippen LogP contribution < -0.4 is 10.1 Å². The van der Waals surface area contributed by atoms with E-state index in [1.807, 2.05) is 30.3 Å². The van der Waals surface area contributed by atoms with Gasteiger partial charge in [0.2, 0.25) is 0 Å². The molecule has 9 heteroatoms. The zero-order valence-corrected chi connectivity index (χ0v) is 14.8. The van der Waals surface area contributed by atoms with E-state index in [-0.39, 0.29) is 22.1 Å². The third kappa shape index (κ3) is 3.24. The summed E-state index contributed by atoms with van der Waals surface area (Å²) in [6, 6.07) is 11.3. The molecule has 0 aliphatic rings. The lowest BCUT2D eigenvalue weighted by atomic mass is 10.3. The molecule has 2 aromatic heterocycles. The number of hydrogen-bond acceptors (Lipinski definition) is 5. The fourth-order valence-corrected chi connectivity index (χ4v) is 3.38. The maximum atomic E-state index is 13.3. The van der Waals surface area contributed by atoms with Crippen molar-refractivity contribution in [2.45, 2.75) is 0 Å². The normalized spacial score (nSPS) is 10.9. The molecule has 0 radical (unpaired) electrons. The van der Waals surface area contributed by atoms with Gasteiger partial charge < -0.3 is 4.74 Å². The van der Waals surface area contributed by atoms with Crippen molar-refractivity contribution in [1.82, 2.24) is 14.8 Å². The Morgan fingerprint density at radius 1 is 1.19 bits per heavy atom. The van der Waals surface area contributed by atoms with Crippen LogP contribution in [0.4, 0.5) is 13.9 Å². The van der Waals surface area contributed by atoms with Crippen LogP contribution in [0.2, 0.25) is 0 Å². The number of hydrogen-bond donors (Lipinski definition) is 1. The number of carbonyl (C=O) groups excluding carboxylic acids is 1. The second-order valence-corrected chi connectivity index (χ2v) is 6.56. The number of amides is 1. The van der Waals surface area contributed by atoms with E-state index in [4.69, 9.17) is 4.74 Å². The molecule has 0 saturated heterocycles. The fraction of sp³-hybridized carbons (Fsp3) is 0.0556. The molecule has 2 aromatic carbocycles. The van der Waals surface area contributed by atoms with Crippen molar-refractivity contribution in [3.63, 3.8) is 0 Å². The summed E-state index contributed by atoms with van der Waals surface area (Å²) in [5.74, 6) is -2.21. The first kappa shape index (κ1) is 17.1. The summed E-state index contributed by atoms with van der Waals surface area (Å²) in [5, 5.41) is 7.06. The number of methoxy groups -OCH3 is 1. The number of fused-ring (bicyclic) bond motifs is 1. The fourth-order valence-electron chi connectivity index (χ4n) is 2.51. The molecule has 0 aliphatic heterocycles. The standard InChI is InChI=1S/C18H12F2N4O2S/c1-26-14-9-24(10-5-3-2-4-6-10)23-16(14)17(25)22-18-21-13-7-11(19)12(20)8-15(13)27-18/h2-9H,1H3,(H,21,22,25). The van der Waals surface area contributed by atoms with Crippen molar-refractivity contribution in [3.05, 3.63) is 66.0 Å². The van der Waals surface area contributed by atoms with Crippen molar-refractivity contribution < 1.29 is 18.3 Å². The summed E-state index contributed by atoms with van der Waals surface area (Å²) in [7, 11) is 1.44. The average molecular weight is 386 g/mol. The number of thiazole rings is 1. The Morgan fingerprint density at radius 3 is 2.67 bits per heavy atom. The van der Waals surface area contributed by atoms with Gasteiger partial charge >= 0.3 is 0 Å². The van der Waals surface area contributed by atoms with Gasteiger partial charge in [-0.05, 0) is 18.2 Å². The smallest absolute Gasteiger partial charge is 0.281 e. The van der Waals surface area contributed by atoms with E-state index >= 15 is 0 Å². The van der Waals surface area contributed by atoms with Crippen LogP contribution in [-0.4, -0.2) is 27.8 Å². The molecule has 0 bridgehead atoms. The number of carbonyl (C=O) groups is 1. The van der Waals surface area contributed by atoms with E-state index < -0.39 is 17.5 Å². The zero-order valence-electron chi connectivity index (χ0n) is 13.9. The van der Waals surface area contributed by atoms with Gasteiger partial charge in [-0.2, -0.15) is 5.10 Å². The van der Waals surface area contributed by atoms with Gasteiger partial charge in [0.25, 0.3) is 5.91 Å². The molecule has 0 atom stereocenters. The van der Waals surface area contributed by atoms with Crippen molar-refractivity contribution in [2.24, 2.45) is 0 Å². The molecular formula is C18H12F2N4O2S. The summed E-state index contributed by atoms with van der Waals surface area (Å²) >= 11 is 1.03. The average Bonchev–Trinajstić information content (AvgIpc) is 3.26. The van der Waals surface area contributed by atoms with Gasteiger partial charge in [0.15, 0.2) is 28.2 Å². The maximum absolute atomic E-state index is 13.3. The van der Waals surface area contributed by atoms with Gasteiger partial charge in [0.05, 0.1) is 29.2 Å². The summed E-state index contributed by atoms with van der Waals surface area (Å²) in [6.45, 7) is 0. The zero-order chi connectivity index (χ0) is 19.0. The molecule has 0 spiro atoms. The van der Waals surface area contributed by atoms with Gasteiger partial charge in [0, 0.05) is 6.07 Å². The van der Waals surface area contributed by atoms with Crippen LogP contribution in [0.25, 0.3) is 15.9 Å². The molecular weight excluding hydrogens is 374 g/mol. The summed E-state index contributed by atoms with van der Waals surface area (Å²) < 4.78 is 33.8. The number of anilines is 1. The quantitative estimate of drug-likeness (QED) is 0.575. The first-order chi connectivity index (χ1) is 13.0. The van der Waals surface area contributed by atoms with Crippen molar-refractivity contribution >= 4 is 32.6 Å². The van der Waals surface area contributed by atoms with Gasteiger partial charge in [-0.15, -0.1) is 0 Å². The van der Waals surface area contributed by atoms with Gasteiger partial charge in [-0.25, -0.2) is 18.4 Å². The highest BCUT2D eigenvalue weighted by Crippen LogP contribution is 2.29. The summed E-state index contributed by atoms with van der Waals surface area (Å²) in [5.41, 5.74) is 1.09. The number of para-hydroxylation sites is 1. The molecule has 136 valence electrons. The molecule has 6 nitrogen and oxygen atoms in total. The SMILES string of the molecule is COc1cn(-c2ccccc2)nc1C(=O)Nc1nc2cc(F)c(F)cc2s1. The van der Waals surface area contributed by atoms with Crippen LogP contribution in [0.3, 0.4) is 0 Å². The molecule has 4 aromatic rings. The minimum atomic E-state index is -0.992. The number of nitrogens with zero attached hydrogens (tertiary/aromatic N) is 3. The Hall–Kier alpha value is -3.33. The highest BCUT2D eigenvalue weighted by Gasteiger charge is 2.20. The largest absolute Gasteiger partial charge is 0.493 e. The Bertz CT molecular complexity index is 1100. The van der Waals surface area contributed by atoms with Crippen molar-refractivity contribution in [2.75, 3.05) is 12.4 Å². The van der Waals surface area contributed by atoms with Crippen molar-refractivity contribution in [3.8, 4) is 11.4 Å². The lowest BCUT2D eigenvalue weighted by molar-refractivity contribution is 0.101. The molecule has 4 rings (SSSR count). The van der Waals surface area contributed by atoms with Gasteiger partial charge in [-0.3, -0.25) is 10.1 Å². The summed E-state index contributed by atoms with van der Waals surface area (Å²) in [6.07, 6.45) is 1.59. The van der Waals surface area contributed by atoms with Gasteiger partial charge in [0.1, 0.15) is 0 Å². The second-order valence-electron chi connectivity index (χ2n) is 5.53. The van der Waals surface area contributed by atoms with Crippen LogP contribution in [-0.2, 0) is 0 Å². The van der Waals surface area contributed by atoms with Crippen LogP contribution >= 0.6 is 11.3 Å². The third-order valence-electron chi connectivity index (χ3n) is 3.79. The predicted octanol–water partition coefficient (Wildman–Crippen LogP) is 4.02. The molecule has 27 heavy (non-hydrogen) atoms. The molecule has 0 saturated carbocycles. The Labute approximate surface area is 156 Å². The minimum Gasteiger partial charge on any atom is -0.493 e. The number of nitrogens with one attached hydrogen (secondary N) is 1. The van der Waals surface area contributed by atoms with E-state index in [0.717, 1.165) is 29.2 Å². The maximum Gasteiger partial charge on any atom is 0.281 e. The first-order valence-electron chi connectivity index (χ1n) is 7.81. The second kappa shape index (κ2) is 6.76. The first-order valence-corrected chi connectivity index (χ1v) is 8.63. The number of rotatable bonds is 4. The molecule has 2 heterocycles. The lowest BCUT2D eigenvalue weighted by Gasteiger charge is -2.00. The molecule has 0 unspecified atom stereocenters. The topological polar surface area (TPSA) is 69.0 Å². The van der Waals surface area contributed by atoms with E-state index in [2.05, 4.69) is 15.4 Å². The van der Waals surface area contributed by atoms with Crippen molar-refractivity contribution in [1.29, 1.82) is 0 Å². The van der Waals surface area contributed by atoms with Crippen LogP contribution in [0.1, 0.15) is 10.5 Å². The number of aromatic nitrogens is 3. The Kier molecular flexibility index (Phi) is 4.28. The highest BCUT2D eigenvalue weighted by molar-refractivity contribution is 7.22. The minimum absolute atomic E-state index is 0.0676.